The Hall–Kier alpha value is -3.25. The van der Waals surface area contributed by atoms with Crippen molar-refractivity contribution < 1.29 is 4.74 Å². The van der Waals surface area contributed by atoms with Crippen molar-refractivity contribution in [2.24, 2.45) is 0 Å². The number of hydrogen-bond acceptors (Lipinski definition) is 6. The first-order chi connectivity index (χ1) is 13.1. The molecule has 0 aliphatic rings. The summed E-state index contributed by atoms with van der Waals surface area (Å²) in [4.78, 5) is 10.7. The fourth-order valence-corrected chi connectivity index (χ4v) is 3.70. The summed E-state index contributed by atoms with van der Waals surface area (Å²) in [7, 11) is 1.65. The van der Waals surface area contributed by atoms with Crippen LogP contribution in [-0.2, 0) is 0 Å². The number of benzene rings is 3. The van der Waals surface area contributed by atoms with Gasteiger partial charge in [0.1, 0.15) is 22.0 Å². The van der Waals surface area contributed by atoms with E-state index in [1.165, 1.54) is 0 Å². The minimum absolute atomic E-state index is 0.524. The maximum Gasteiger partial charge on any atom is 0.128 e. The minimum Gasteiger partial charge on any atom is -0.497 e. The van der Waals surface area contributed by atoms with Crippen LogP contribution < -0.4 is 16.2 Å². The number of nitrogens with two attached hydrogens (primary N) is 2. The first-order valence-corrected chi connectivity index (χ1v) is 9.20. The summed E-state index contributed by atoms with van der Waals surface area (Å²) in [5, 5.41) is 0.795. The van der Waals surface area contributed by atoms with Crippen molar-refractivity contribution in [3.05, 3.63) is 66.7 Å². The molecular formula is C21H18N4OS. The van der Waals surface area contributed by atoms with Gasteiger partial charge in [0.25, 0.3) is 0 Å². The second-order valence-electron chi connectivity index (χ2n) is 6.00. The van der Waals surface area contributed by atoms with Gasteiger partial charge in [-0.3, -0.25) is 0 Å². The largest absolute Gasteiger partial charge is 0.497 e. The molecule has 0 aliphatic carbocycles. The number of ether oxygens (including phenoxy) is 1. The zero-order valence-electron chi connectivity index (χ0n) is 14.7. The summed E-state index contributed by atoms with van der Waals surface area (Å²) in [6.45, 7) is 0. The lowest BCUT2D eigenvalue weighted by Crippen LogP contribution is -1.99. The molecule has 0 atom stereocenters. The molecule has 0 amide bonds. The molecule has 0 unspecified atom stereocenters. The molecule has 0 spiro atoms. The van der Waals surface area contributed by atoms with Gasteiger partial charge in [-0.25, -0.2) is 9.97 Å². The number of anilines is 2. The van der Waals surface area contributed by atoms with Gasteiger partial charge in [0.05, 0.1) is 18.3 Å². The van der Waals surface area contributed by atoms with E-state index in [0.717, 1.165) is 26.9 Å². The van der Waals surface area contributed by atoms with E-state index in [0.29, 0.717) is 22.4 Å². The molecule has 4 aromatic rings. The van der Waals surface area contributed by atoms with Gasteiger partial charge in [-0.1, -0.05) is 42.1 Å². The maximum absolute atomic E-state index is 6.14. The zero-order chi connectivity index (χ0) is 18.8. The minimum atomic E-state index is 0.524. The quantitative estimate of drug-likeness (QED) is 0.507. The molecule has 134 valence electrons. The maximum atomic E-state index is 6.14. The van der Waals surface area contributed by atoms with E-state index >= 15 is 0 Å². The number of nitrogen functional groups attached to an aromatic ring is 2. The molecule has 0 bridgehead atoms. The van der Waals surface area contributed by atoms with Crippen LogP contribution in [-0.4, -0.2) is 17.1 Å². The van der Waals surface area contributed by atoms with Crippen LogP contribution in [0, 0.1) is 0 Å². The van der Waals surface area contributed by atoms with Gasteiger partial charge >= 0.3 is 0 Å². The number of hydrogen-bond donors (Lipinski definition) is 2. The van der Waals surface area contributed by atoms with Gasteiger partial charge in [-0.15, -0.1) is 0 Å². The SMILES string of the molecule is COc1ccc(Sc2nc3cc(N)cc(N)c3nc2-c2ccccc2)cc1. The summed E-state index contributed by atoms with van der Waals surface area (Å²) in [6.07, 6.45) is 0. The van der Waals surface area contributed by atoms with E-state index < -0.39 is 0 Å². The average Bonchev–Trinajstić information content (AvgIpc) is 2.69. The van der Waals surface area contributed by atoms with E-state index in [-0.39, 0.29) is 0 Å². The predicted molar refractivity (Wildman–Crippen MR) is 111 cm³/mol. The van der Waals surface area contributed by atoms with Crippen LogP contribution in [0.5, 0.6) is 5.75 Å². The molecule has 5 nitrogen and oxygen atoms in total. The van der Waals surface area contributed by atoms with Crippen LogP contribution in [0.1, 0.15) is 0 Å². The second-order valence-corrected chi connectivity index (χ2v) is 7.06. The number of rotatable bonds is 4. The standard InChI is InChI=1S/C21H18N4OS/c1-26-15-7-9-16(10-8-15)27-21-19(13-5-3-2-4-6-13)25-20-17(23)11-14(22)12-18(20)24-21/h2-12H,22-23H2,1H3. The lowest BCUT2D eigenvalue weighted by molar-refractivity contribution is 0.414. The molecule has 4 N–H and O–H groups in total. The fourth-order valence-electron chi connectivity index (χ4n) is 2.80. The van der Waals surface area contributed by atoms with Gasteiger partial charge in [0.15, 0.2) is 0 Å². The Bertz CT molecular complexity index is 1100. The summed E-state index contributed by atoms with van der Waals surface area (Å²) in [5.41, 5.74) is 16.3. The summed E-state index contributed by atoms with van der Waals surface area (Å²) < 4.78 is 5.23. The van der Waals surface area contributed by atoms with Gasteiger partial charge in [0.2, 0.25) is 0 Å². The van der Waals surface area contributed by atoms with Crippen molar-refractivity contribution in [2.45, 2.75) is 9.92 Å². The third-order valence-electron chi connectivity index (χ3n) is 4.11. The Kier molecular flexibility index (Phi) is 4.56. The van der Waals surface area contributed by atoms with Crippen molar-refractivity contribution in [1.29, 1.82) is 0 Å². The normalized spacial score (nSPS) is 10.9. The Morgan fingerprint density at radius 3 is 2.33 bits per heavy atom. The van der Waals surface area contributed by atoms with E-state index in [1.54, 1.807) is 31.0 Å². The number of aromatic nitrogens is 2. The lowest BCUT2D eigenvalue weighted by atomic mass is 10.1. The van der Waals surface area contributed by atoms with Crippen molar-refractivity contribution in [2.75, 3.05) is 18.6 Å². The molecular weight excluding hydrogens is 356 g/mol. The van der Waals surface area contributed by atoms with Crippen LogP contribution >= 0.6 is 11.8 Å². The Labute approximate surface area is 161 Å². The van der Waals surface area contributed by atoms with Gasteiger partial charge in [0, 0.05) is 16.1 Å². The van der Waals surface area contributed by atoms with Crippen molar-refractivity contribution in [1.82, 2.24) is 9.97 Å². The first kappa shape index (κ1) is 17.2. The molecule has 1 heterocycles. The molecule has 0 saturated heterocycles. The summed E-state index contributed by atoms with van der Waals surface area (Å²) in [5.74, 6) is 0.813. The van der Waals surface area contributed by atoms with Crippen LogP contribution in [0.15, 0.2) is 76.7 Å². The van der Waals surface area contributed by atoms with Crippen molar-refractivity contribution in [3.8, 4) is 17.0 Å². The van der Waals surface area contributed by atoms with Crippen LogP contribution in [0.4, 0.5) is 11.4 Å². The zero-order valence-corrected chi connectivity index (χ0v) is 15.5. The van der Waals surface area contributed by atoms with Gasteiger partial charge in [-0.2, -0.15) is 0 Å². The highest BCUT2D eigenvalue weighted by Gasteiger charge is 2.14. The predicted octanol–water partition coefficient (Wildman–Crippen LogP) is 4.62. The molecule has 27 heavy (non-hydrogen) atoms. The fraction of sp³-hybridized carbons (Fsp3) is 0.0476. The van der Waals surface area contributed by atoms with Crippen molar-refractivity contribution in [3.63, 3.8) is 0 Å². The van der Waals surface area contributed by atoms with E-state index in [1.807, 2.05) is 54.6 Å². The molecule has 6 heteroatoms. The van der Waals surface area contributed by atoms with Crippen molar-refractivity contribution >= 4 is 34.2 Å². The average molecular weight is 374 g/mol. The van der Waals surface area contributed by atoms with Gasteiger partial charge in [-0.05, 0) is 36.4 Å². The number of nitrogens with zero attached hydrogens (tertiary/aromatic N) is 2. The smallest absolute Gasteiger partial charge is 0.128 e. The Morgan fingerprint density at radius 1 is 0.889 bits per heavy atom. The third-order valence-corrected chi connectivity index (χ3v) is 5.10. The Balaban J connectivity index is 1.87. The monoisotopic (exact) mass is 374 g/mol. The molecule has 3 aromatic carbocycles. The second kappa shape index (κ2) is 7.17. The highest BCUT2D eigenvalue weighted by atomic mass is 32.2. The molecule has 0 fully saturated rings. The molecule has 0 radical (unpaired) electrons. The van der Waals surface area contributed by atoms with Gasteiger partial charge < -0.3 is 16.2 Å². The molecule has 4 rings (SSSR count). The highest BCUT2D eigenvalue weighted by Crippen LogP contribution is 2.36. The number of fused-ring (bicyclic) bond motifs is 1. The van der Waals surface area contributed by atoms with Crippen LogP contribution in [0.2, 0.25) is 0 Å². The topological polar surface area (TPSA) is 87.0 Å². The molecule has 0 aliphatic heterocycles. The molecule has 0 saturated carbocycles. The first-order valence-electron chi connectivity index (χ1n) is 8.38. The van der Waals surface area contributed by atoms with E-state index in [2.05, 4.69) is 0 Å². The van der Waals surface area contributed by atoms with Crippen LogP contribution in [0.25, 0.3) is 22.3 Å². The highest BCUT2D eigenvalue weighted by molar-refractivity contribution is 7.99. The van der Waals surface area contributed by atoms with E-state index in [4.69, 9.17) is 26.2 Å². The van der Waals surface area contributed by atoms with Crippen LogP contribution in [0.3, 0.4) is 0 Å². The summed E-state index contributed by atoms with van der Waals surface area (Å²) in [6, 6.07) is 21.3. The summed E-state index contributed by atoms with van der Waals surface area (Å²) >= 11 is 1.54. The van der Waals surface area contributed by atoms with E-state index in [9.17, 15) is 0 Å². The lowest BCUT2D eigenvalue weighted by Gasteiger charge is -2.12. The molecule has 1 aromatic heterocycles. The Morgan fingerprint density at radius 2 is 1.63 bits per heavy atom. The third kappa shape index (κ3) is 3.52. The number of methoxy groups -OCH3 is 1.